The second-order valence-electron chi connectivity index (χ2n) is 7.23. The predicted octanol–water partition coefficient (Wildman–Crippen LogP) is 3.94. The fraction of sp³-hybridized carbons (Fsp3) is 0.318. The molecule has 0 saturated carbocycles. The first-order valence-corrected chi connectivity index (χ1v) is 10.5. The molecule has 0 spiro atoms. The molecule has 2 aromatic heterocycles. The normalized spacial score (nSPS) is 15.0. The summed E-state index contributed by atoms with van der Waals surface area (Å²) in [6, 6.07) is 12.9. The number of hydrogen-bond acceptors (Lipinski definition) is 5. The molecule has 3 heterocycles. The number of nitrogens with zero attached hydrogens (tertiary/aromatic N) is 3. The van der Waals surface area contributed by atoms with Crippen molar-refractivity contribution < 1.29 is 9.84 Å². The number of thiophene rings is 1. The third kappa shape index (κ3) is 2.98. The number of aliphatic hydroxyl groups excluding tert-OH is 1. The lowest BCUT2D eigenvalue weighted by Crippen LogP contribution is -2.36. The molecule has 0 atom stereocenters. The summed E-state index contributed by atoms with van der Waals surface area (Å²) in [5.74, 6) is 0.970. The molecule has 1 aliphatic heterocycles. The second kappa shape index (κ2) is 7.20. The number of benzene rings is 2. The van der Waals surface area contributed by atoms with E-state index >= 15 is 0 Å². The maximum absolute atomic E-state index is 9.97. The molecule has 2 aromatic carbocycles. The van der Waals surface area contributed by atoms with Crippen molar-refractivity contribution in [3.63, 3.8) is 0 Å². The third-order valence-corrected chi connectivity index (χ3v) is 6.55. The van der Waals surface area contributed by atoms with Crippen molar-refractivity contribution in [1.82, 2.24) is 9.55 Å². The average molecular weight is 394 g/mol. The van der Waals surface area contributed by atoms with E-state index in [2.05, 4.69) is 51.2 Å². The maximum atomic E-state index is 9.97. The summed E-state index contributed by atoms with van der Waals surface area (Å²) in [4.78, 5) is 7.13. The van der Waals surface area contributed by atoms with Gasteiger partial charge in [0.2, 0.25) is 0 Å². The molecule has 1 saturated heterocycles. The number of aliphatic hydroxyl groups is 1. The Bertz CT molecular complexity index is 1140. The molecule has 0 radical (unpaired) electrons. The van der Waals surface area contributed by atoms with Gasteiger partial charge in [0, 0.05) is 29.0 Å². The Kier molecular flexibility index (Phi) is 4.55. The van der Waals surface area contributed by atoms with E-state index in [0.717, 1.165) is 61.0 Å². The molecular weight excluding hydrogens is 370 g/mol. The van der Waals surface area contributed by atoms with Gasteiger partial charge in [-0.25, -0.2) is 4.98 Å². The minimum absolute atomic E-state index is 0.00829. The summed E-state index contributed by atoms with van der Waals surface area (Å²) in [5.41, 5.74) is 5.30. The van der Waals surface area contributed by atoms with Gasteiger partial charge in [0.1, 0.15) is 5.82 Å². The van der Waals surface area contributed by atoms with Gasteiger partial charge in [-0.3, -0.25) is 0 Å². The highest BCUT2D eigenvalue weighted by atomic mass is 32.1. The van der Waals surface area contributed by atoms with Gasteiger partial charge in [-0.1, -0.05) is 18.2 Å². The second-order valence-corrected chi connectivity index (χ2v) is 8.15. The molecule has 4 aromatic rings. The van der Waals surface area contributed by atoms with E-state index in [1.807, 2.05) is 6.92 Å². The van der Waals surface area contributed by atoms with E-state index in [9.17, 15) is 5.11 Å². The van der Waals surface area contributed by atoms with Crippen molar-refractivity contribution in [2.75, 3.05) is 31.2 Å². The van der Waals surface area contributed by atoms with Crippen LogP contribution in [-0.4, -0.2) is 41.0 Å². The summed E-state index contributed by atoms with van der Waals surface area (Å²) in [6.07, 6.45) is 0. The van der Waals surface area contributed by atoms with Crippen LogP contribution >= 0.6 is 11.3 Å². The zero-order valence-electron chi connectivity index (χ0n) is 15.9. The van der Waals surface area contributed by atoms with Crippen molar-refractivity contribution in [3.05, 3.63) is 58.7 Å². The molecule has 0 bridgehead atoms. The molecule has 5 rings (SSSR count). The number of aromatic nitrogens is 2. The summed E-state index contributed by atoms with van der Waals surface area (Å²) < 4.78 is 9.10. The fourth-order valence-corrected chi connectivity index (χ4v) is 4.97. The summed E-state index contributed by atoms with van der Waals surface area (Å²) in [5, 5.41) is 13.4. The number of ether oxygens (including phenoxy) is 1. The number of morpholine rings is 1. The summed E-state index contributed by atoms with van der Waals surface area (Å²) >= 11 is 1.78. The standard InChI is InChI=1S/C22H23N3O2S/c1-15-23-21-18(14-26)11-19(24-6-8-27-9-7-24)12-20(21)25(15)13-17-4-2-3-16-5-10-28-22(16)17/h2-5,10-12,26H,6-9,13-14H2,1H3. The van der Waals surface area contributed by atoms with E-state index in [4.69, 9.17) is 9.72 Å². The first-order chi connectivity index (χ1) is 13.7. The van der Waals surface area contributed by atoms with E-state index in [-0.39, 0.29) is 6.61 Å². The SMILES string of the molecule is Cc1nc2c(CO)cc(N3CCOCC3)cc2n1Cc1cccc2ccsc12. The fourth-order valence-electron chi connectivity index (χ4n) is 4.07. The maximum Gasteiger partial charge on any atom is 0.107 e. The molecule has 0 unspecified atom stereocenters. The molecule has 0 amide bonds. The lowest BCUT2D eigenvalue weighted by Gasteiger charge is -2.29. The van der Waals surface area contributed by atoms with Crippen LogP contribution in [0.15, 0.2) is 41.8 Å². The van der Waals surface area contributed by atoms with Crippen LogP contribution in [0.1, 0.15) is 17.0 Å². The Balaban J connectivity index is 1.63. The van der Waals surface area contributed by atoms with Gasteiger partial charge in [-0.05, 0) is 41.5 Å². The summed E-state index contributed by atoms with van der Waals surface area (Å²) in [6.45, 7) is 6.04. The zero-order chi connectivity index (χ0) is 19.1. The molecule has 0 aliphatic carbocycles. The number of imidazole rings is 1. The quantitative estimate of drug-likeness (QED) is 0.571. The van der Waals surface area contributed by atoms with Gasteiger partial charge in [0.25, 0.3) is 0 Å². The lowest BCUT2D eigenvalue weighted by molar-refractivity contribution is 0.122. The van der Waals surface area contributed by atoms with E-state index in [1.54, 1.807) is 11.3 Å². The topological polar surface area (TPSA) is 50.5 Å². The number of fused-ring (bicyclic) bond motifs is 2. The molecule has 1 fully saturated rings. The Morgan fingerprint density at radius 2 is 2.00 bits per heavy atom. The van der Waals surface area contributed by atoms with Crippen LogP contribution in [0.3, 0.4) is 0 Å². The number of aryl methyl sites for hydroxylation is 1. The van der Waals surface area contributed by atoms with E-state index in [1.165, 1.54) is 15.6 Å². The van der Waals surface area contributed by atoms with Crippen molar-refractivity contribution in [2.45, 2.75) is 20.1 Å². The van der Waals surface area contributed by atoms with Gasteiger partial charge < -0.3 is 19.3 Å². The van der Waals surface area contributed by atoms with Crippen molar-refractivity contribution in [2.24, 2.45) is 0 Å². The molecule has 144 valence electrons. The minimum Gasteiger partial charge on any atom is -0.392 e. The van der Waals surface area contributed by atoms with Crippen molar-refractivity contribution in [1.29, 1.82) is 0 Å². The highest BCUT2D eigenvalue weighted by Crippen LogP contribution is 2.30. The predicted molar refractivity (Wildman–Crippen MR) is 114 cm³/mol. The zero-order valence-corrected chi connectivity index (χ0v) is 16.7. The Hall–Kier alpha value is -2.41. The minimum atomic E-state index is -0.00829. The van der Waals surface area contributed by atoms with Crippen molar-refractivity contribution >= 4 is 38.1 Å². The Labute approximate surface area is 167 Å². The molecule has 1 N–H and O–H groups in total. The van der Waals surface area contributed by atoms with E-state index in [0.29, 0.717) is 0 Å². The van der Waals surface area contributed by atoms with Gasteiger partial charge in [-0.15, -0.1) is 11.3 Å². The molecule has 1 aliphatic rings. The van der Waals surface area contributed by atoms with Crippen LogP contribution in [0.25, 0.3) is 21.1 Å². The average Bonchev–Trinajstić information content (AvgIpc) is 3.33. The molecule has 28 heavy (non-hydrogen) atoms. The smallest absolute Gasteiger partial charge is 0.107 e. The largest absolute Gasteiger partial charge is 0.392 e. The molecule has 6 heteroatoms. The highest BCUT2D eigenvalue weighted by molar-refractivity contribution is 7.17. The third-order valence-electron chi connectivity index (χ3n) is 5.54. The van der Waals surface area contributed by atoms with Gasteiger partial charge in [0.15, 0.2) is 0 Å². The van der Waals surface area contributed by atoms with Crippen LogP contribution in [0, 0.1) is 6.92 Å². The monoisotopic (exact) mass is 393 g/mol. The van der Waals surface area contributed by atoms with Gasteiger partial charge in [0.05, 0.1) is 37.4 Å². The first-order valence-electron chi connectivity index (χ1n) is 9.63. The van der Waals surface area contributed by atoms with Gasteiger partial charge in [-0.2, -0.15) is 0 Å². The van der Waals surface area contributed by atoms with Gasteiger partial charge >= 0.3 is 0 Å². The Morgan fingerprint density at radius 3 is 2.82 bits per heavy atom. The van der Waals surface area contributed by atoms with Crippen LogP contribution in [0.5, 0.6) is 0 Å². The van der Waals surface area contributed by atoms with E-state index < -0.39 is 0 Å². The number of hydrogen-bond donors (Lipinski definition) is 1. The molecular formula is C22H23N3O2S. The van der Waals surface area contributed by atoms with Crippen LogP contribution in [0.4, 0.5) is 5.69 Å². The first kappa shape index (κ1) is 17.7. The van der Waals surface area contributed by atoms with Crippen LogP contribution < -0.4 is 4.90 Å². The summed E-state index contributed by atoms with van der Waals surface area (Å²) in [7, 11) is 0. The number of anilines is 1. The highest BCUT2D eigenvalue weighted by Gasteiger charge is 2.18. The lowest BCUT2D eigenvalue weighted by atomic mass is 10.1. The molecule has 5 nitrogen and oxygen atoms in total. The number of rotatable bonds is 4. The van der Waals surface area contributed by atoms with Crippen molar-refractivity contribution in [3.8, 4) is 0 Å². The Morgan fingerprint density at radius 1 is 1.14 bits per heavy atom. The van der Waals surface area contributed by atoms with Crippen LogP contribution in [0.2, 0.25) is 0 Å². The van der Waals surface area contributed by atoms with Crippen LogP contribution in [-0.2, 0) is 17.9 Å².